The van der Waals surface area contributed by atoms with Gasteiger partial charge in [-0.1, -0.05) is 23.5 Å². The van der Waals surface area contributed by atoms with Gasteiger partial charge in [-0.25, -0.2) is 10.4 Å². The van der Waals surface area contributed by atoms with Gasteiger partial charge in [-0.05, 0) is 26.0 Å². The molecular weight excluding hydrogens is 340 g/mol. The Balaban J connectivity index is 1.60. The normalized spacial score (nSPS) is 20.8. The van der Waals surface area contributed by atoms with Gasteiger partial charge in [-0.2, -0.15) is 5.10 Å². The SMILES string of the molecule is C[C@@H]1CN(c2ncc(/C=N\NC(=O)c3ccccc3O)s2)C[C@H](C)O1. The Morgan fingerprint density at radius 2 is 2.12 bits per heavy atom. The molecule has 0 saturated carbocycles. The van der Waals surface area contributed by atoms with Gasteiger partial charge in [0.25, 0.3) is 5.91 Å². The van der Waals surface area contributed by atoms with Gasteiger partial charge in [0.2, 0.25) is 0 Å². The number of benzene rings is 1. The Morgan fingerprint density at radius 1 is 1.40 bits per heavy atom. The molecular formula is C17H20N4O3S. The van der Waals surface area contributed by atoms with Crippen molar-refractivity contribution in [2.45, 2.75) is 26.1 Å². The van der Waals surface area contributed by atoms with E-state index in [1.165, 1.54) is 23.5 Å². The predicted octanol–water partition coefficient (Wildman–Crippen LogP) is 2.23. The molecule has 1 saturated heterocycles. The van der Waals surface area contributed by atoms with E-state index in [1.807, 2.05) is 13.8 Å². The number of phenols is 1. The van der Waals surface area contributed by atoms with Crippen molar-refractivity contribution in [1.82, 2.24) is 10.4 Å². The Hall–Kier alpha value is -2.45. The number of nitrogens with zero attached hydrogens (tertiary/aromatic N) is 3. The minimum Gasteiger partial charge on any atom is -0.507 e. The van der Waals surface area contributed by atoms with Gasteiger partial charge in [-0.3, -0.25) is 4.79 Å². The number of phenolic OH excluding ortho intramolecular Hbond substituents is 1. The summed E-state index contributed by atoms with van der Waals surface area (Å²) in [6, 6.07) is 6.32. The molecule has 1 fully saturated rings. The largest absolute Gasteiger partial charge is 0.507 e. The van der Waals surface area contributed by atoms with Crippen LogP contribution in [0.5, 0.6) is 5.75 Å². The lowest BCUT2D eigenvalue weighted by Gasteiger charge is -2.35. The monoisotopic (exact) mass is 360 g/mol. The molecule has 0 radical (unpaired) electrons. The number of para-hydroxylation sites is 1. The molecule has 7 nitrogen and oxygen atoms in total. The second-order valence-corrected chi connectivity index (χ2v) is 6.96. The standard InChI is InChI=1S/C17H20N4O3S/c1-11-9-21(10-12(2)24-11)17-18-7-13(25-17)8-19-20-16(23)14-5-3-4-6-15(14)22/h3-8,11-12,22H,9-10H2,1-2H3,(H,20,23)/b19-8-/t11-,12+. The van der Waals surface area contributed by atoms with E-state index < -0.39 is 5.91 Å². The number of ether oxygens (including phenoxy) is 1. The van der Waals surface area contributed by atoms with Crippen molar-refractivity contribution >= 4 is 28.6 Å². The molecule has 2 aromatic rings. The Kier molecular flexibility index (Phi) is 5.30. The summed E-state index contributed by atoms with van der Waals surface area (Å²) in [6.45, 7) is 5.71. The molecule has 132 valence electrons. The van der Waals surface area contributed by atoms with Crippen molar-refractivity contribution in [1.29, 1.82) is 0 Å². The number of hydrogen-bond donors (Lipinski definition) is 2. The van der Waals surface area contributed by atoms with Crippen LogP contribution in [-0.4, -0.2) is 47.5 Å². The van der Waals surface area contributed by atoms with Crippen molar-refractivity contribution in [3.63, 3.8) is 0 Å². The van der Waals surface area contributed by atoms with Crippen LogP contribution in [0.1, 0.15) is 29.1 Å². The molecule has 0 bridgehead atoms. The molecule has 3 rings (SSSR count). The number of nitrogens with one attached hydrogen (secondary N) is 1. The fourth-order valence-corrected chi connectivity index (χ4v) is 3.50. The molecule has 2 heterocycles. The van der Waals surface area contributed by atoms with Gasteiger partial charge in [0.1, 0.15) is 5.75 Å². The molecule has 1 aliphatic heterocycles. The first-order valence-corrected chi connectivity index (χ1v) is 8.82. The number of carbonyl (C=O) groups is 1. The average Bonchev–Trinajstić information content (AvgIpc) is 3.03. The number of hydrazone groups is 1. The maximum Gasteiger partial charge on any atom is 0.275 e. The minimum atomic E-state index is -0.463. The van der Waals surface area contributed by atoms with Crippen molar-refractivity contribution in [3.8, 4) is 5.75 Å². The van der Waals surface area contributed by atoms with Gasteiger partial charge in [0.05, 0.1) is 28.9 Å². The third kappa shape index (κ3) is 4.34. The first kappa shape index (κ1) is 17.4. The van der Waals surface area contributed by atoms with Gasteiger partial charge in [0.15, 0.2) is 5.13 Å². The highest BCUT2D eigenvalue weighted by Gasteiger charge is 2.24. The number of thiazole rings is 1. The van der Waals surface area contributed by atoms with Crippen LogP contribution in [0.2, 0.25) is 0 Å². The number of hydrogen-bond acceptors (Lipinski definition) is 7. The molecule has 1 amide bonds. The summed E-state index contributed by atoms with van der Waals surface area (Å²) < 4.78 is 5.73. The molecule has 2 atom stereocenters. The van der Waals surface area contributed by atoms with Crippen LogP contribution in [-0.2, 0) is 4.74 Å². The number of morpholine rings is 1. The summed E-state index contributed by atoms with van der Waals surface area (Å²) in [5.41, 5.74) is 2.59. The summed E-state index contributed by atoms with van der Waals surface area (Å²) in [5, 5.41) is 14.5. The summed E-state index contributed by atoms with van der Waals surface area (Å²) in [4.78, 5) is 19.4. The maximum absolute atomic E-state index is 12.0. The first-order chi connectivity index (χ1) is 12.0. The van der Waals surface area contributed by atoms with E-state index in [-0.39, 0.29) is 23.5 Å². The highest BCUT2D eigenvalue weighted by Crippen LogP contribution is 2.25. The van der Waals surface area contributed by atoms with Crippen molar-refractivity contribution in [3.05, 3.63) is 40.9 Å². The lowest BCUT2D eigenvalue weighted by molar-refractivity contribution is -0.00522. The highest BCUT2D eigenvalue weighted by molar-refractivity contribution is 7.17. The topological polar surface area (TPSA) is 87.1 Å². The average molecular weight is 360 g/mol. The summed E-state index contributed by atoms with van der Waals surface area (Å²) in [7, 11) is 0. The van der Waals surface area contributed by atoms with E-state index in [4.69, 9.17) is 4.74 Å². The first-order valence-electron chi connectivity index (χ1n) is 8.00. The molecule has 1 aromatic carbocycles. The van der Waals surface area contributed by atoms with E-state index in [9.17, 15) is 9.90 Å². The molecule has 1 aromatic heterocycles. The number of aromatic hydroxyl groups is 1. The van der Waals surface area contributed by atoms with Gasteiger partial charge < -0.3 is 14.7 Å². The zero-order chi connectivity index (χ0) is 17.8. The molecule has 0 unspecified atom stereocenters. The Labute approximate surface area is 150 Å². The van der Waals surface area contributed by atoms with Crippen LogP contribution in [0.15, 0.2) is 35.6 Å². The van der Waals surface area contributed by atoms with E-state index in [0.29, 0.717) is 0 Å². The fourth-order valence-electron chi connectivity index (χ4n) is 2.70. The maximum atomic E-state index is 12.0. The molecule has 2 N–H and O–H groups in total. The van der Waals surface area contributed by atoms with Gasteiger partial charge in [0, 0.05) is 19.3 Å². The van der Waals surface area contributed by atoms with Crippen LogP contribution >= 0.6 is 11.3 Å². The van der Waals surface area contributed by atoms with Crippen molar-refractivity contribution < 1.29 is 14.6 Å². The van der Waals surface area contributed by atoms with Gasteiger partial charge in [-0.15, -0.1) is 0 Å². The number of aromatic nitrogens is 1. The summed E-state index contributed by atoms with van der Waals surface area (Å²) in [6.07, 6.45) is 3.61. The zero-order valence-electron chi connectivity index (χ0n) is 14.0. The third-order valence-electron chi connectivity index (χ3n) is 3.71. The van der Waals surface area contributed by atoms with E-state index in [2.05, 4.69) is 20.4 Å². The quantitative estimate of drug-likeness (QED) is 0.645. The molecule has 25 heavy (non-hydrogen) atoms. The molecule has 0 aliphatic carbocycles. The minimum absolute atomic E-state index is 0.0779. The molecule has 8 heteroatoms. The van der Waals surface area contributed by atoms with E-state index >= 15 is 0 Å². The number of carbonyl (C=O) groups excluding carboxylic acids is 1. The smallest absolute Gasteiger partial charge is 0.275 e. The highest BCUT2D eigenvalue weighted by atomic mass is 32.1. The number of amides is 1. The summed E-state index contributed by atoms with van der Waals surface area (Å²) >= 11 is 1.50. The van der Waals surface area contributed by atoms with E-state index in [0.717, 1.165) is 23.1 Å². The zero-order valence-corrected chi connectivity index (χ0v) is 14.9. The number of anilines is 1. The summed E-state index contributed by atoms with van der Waals surface area (Å²) in [5.74, 6) is -0.541. The van der Waals surface area contributed by atoms with Crippen LogP contribution in [0.25, 0.3) is 0 Å². The lowest BCUT2D eigenvalue weighted by Crippen LogP contribution is -2.45. The Morgan fingerprint density at radius 3 is 2.84 bits per heavy atom. The van der Waals surface area contributed by atoms with Crippen molar-refractivity contribution in [2.24, 2.45) is 5.10 Å². The fraction of sp³-hybridized carbons (Fsp3) is 0.353. The van der Waals surface area contributed by atoms with Crippen LogP contribution in [0.3, 0.4) is 0 Å². The third-order valence-corrected chi connectivity index (χ3v) is 4.70. The predicted molar refractivity (Wildman–Crippen MR) is 97.5 cm³/mol. The molecule has 1 aliphatic rings. The molecule has 0 spiro atoms. The second kappa shape index (κ2) is 7.62. The van der Waals surface area contributed by atoms with E-state index in [1.54, 1.807) is 24.5 Å². The lowest BCUT2D eigenvalue weighted by atomic mass is 10.2. The van der Waals surface area contributed by atoms with Crippen LogP contribution in [0, 0.1) is 0 Å². The van der Waals surface area contributed by atoms with Crippen LogP contribution in [0.4, 0.5) is 5.13 Å². The second-order valence-electron chi connectivity index (χ2n) is 5.92. The Bertz CT molecular complexity index is 767. The van der Waals surface area contributed by atoms with Crippen LogP contribution < -0.4 is 10.3 Å². The van der Waals surface area contributed by atoms with Gasteiger partial charge >= 0.3 is 0 Å². The number of rotatable bonds is 4. The van der Waals surface area contributed by atoms with Crippen molar-refractivity contribution in [2.75, 3.05) is 18.0 Å².